The molecule has 2 aromatic rings. The molecule has 2 N–H and O–H groups in total. The van der Waals surface area contributed by atoms with Gasteiger partial charge in [0.1, 0.15) is 11.3 Å². The van der Waals surface area contributed by atoms with E-state index in [-0.39, 0.29) is 0 Å². The van der Waals surface area contributed by atoms with E-state index in [4.69, 9.17) is 0 Å². The fourth-order valence-electron chi connectivity index (χ4n) is 1.11. The van der Waals surface area contributed by atoms with Crippen LogP contribution in [0.3, 0.4) is 0 Å². The zero-order chi connectivity index (χ0) is 13.3. The van der Waals surface area contributed by atoms with Gasteiger partial charge in [-0.1, -0.05) is 13.8 Å². The molecule has 0 aliphatic carbocycles. The van der Waals surface area contributed by atoms with E-state index in [1.165, 1.54) is 0 Å². The fraction of sp³-hybridized carbons (Fsp3) is 0.417. The van der Waals surface area contributed by atoms with Crippen LogP contribution in [0.5, 0.6) is 0 Å². The van der Waals surface area contributed by atoms with Gasteiger partial charge in [0, 0.05) is 6.20 Å². The van der Waals surface area contributed by atoms with Crippen LogP contribution in [0.15, 0.2) is 12.4 Å². The van der Waals surface area contributed by atoms with Crippen molar-refractivity contribution in [1.82, 2.24) is 20.3 Å². The molecule has 94 valence electrons. The van der Waals surface area contributed by atoms with Crippen LogP contribution in [0.4, 0.5) is 0 Å². The second-order valence-corrected chi connectivity index (χ2v) is 3.04. The van der Waals surface area contributed by atoms with E-state index in [1.807, 2.05) is 27.9 Å². The van der Waals surface area contributed by atoms with Gasteiger partial charge in [-0.05, 0) is 21.0 Å². The molecule has 2 aromatic heterocycles. The molecule has 0 radical (unpaired) electrons. The highest BCUT2D eigenvalue weighted by Crippen LogP contribution is 2.12. The first-order chi connectivity index (χ1) is 8.22. The van der Waals surface area contributed by atoms with Crippen molar-refractivity contribution >= 4 is 17.3 Å². The van der Waals surface area contributed by atoms with Crippen LogP contribution < -0.4 is 5.32 Å². The molecule has 0 aliphatic heterocycles. The Morgan fingerprint density at radius 2 is 1.94 bits per heavy atom. The summed E-state index contributed by atoms with van der Waals surface area (Å²) in [7, 11) is 3.75. The maximum atomic E-state index is 10.5. The number of nitrogens with zero attached hydrogens (tertiary/aromatic N) is 2. The van der Waals surface area contributed by atoms with Gasteiger partial charge in [-0.3, -0.25) is 4.79 Å². The lowest BCUT2D eigenvalue weighted by molar-refractivity contribution is 0.112. The fourth-order valence-corrected chi connectivity index (χ4v) is 1.11. The molecular formula is C12H20N4O. The standard InChI is InChI=1S/C8H7N3O.C2H7N.C2H6/c1-5-9-3-7-8(11-5)6(4-12)2-10-7;1-3-2;1-2/h2-4,10H,1H3;3H,1-2H3;1-2H3. The van der Waals surface area contributed by atoms with Crippen molar-refractivity contribution in [3.05, 3.63) is 23.8 Å². The highest BCUT2D eigenvalue weighted by Gasteiger charge is 2.03. The predicted octanol–water partition coefficient (Wildman–Crippen LogP) is 1.94. The molecule has 0 aliphatic rings. The molecule has 5 heteroatoms. The molecule has 5 nitrogen and oxygen atoms in total. The Morgan fingerprint density at radius 1 is 1.35 bits per heavy atom. The van der Waals surface area contributed by atoms with E-state index in [2.05, 4.69) is 20.3 Å². The van der Waals surface area contributed by atoms with E-state index in [9.17, 15) is 4.79 Å². The van der Waals surface area contributed by atoms with Crippen LogP contribution in [-0.2, 0) is 0 Å². The van der Waals surface area contributed by atoms with Crippen molar-refractivity contribution in [2.45, 2.75) is 20.8 Å². The molecule has 0 amide bonds. The van der Waals surface area contributed by atoms with E-state index in [1.54, 1.807) is 19.3 Å². The van der Waals surface area contributed by atoms with Gasteiger partial charge < -0.3 is 10.3 Å². The Kier molecular flexibility index (Phi) is 7.54. The first-order valence-electron chi connectivity index (χ1n) is 5.57. The van der Waals surface area contributed by atoms with Crippen LogP contribution in [-0.4, -0.2) is 35.3 Å². The minimum absolute atomic E-state index is 0.579. The SMILES string of the molecule is CC.CNC.Cc1ncc2[nH]cc(C=O)c2n1. The molecule has 0 unspecified atom stereocenters. The Morgan fingerprint density at radius 3 is 2.47 bits per heavy atom. The van der Waals surface area contributed by atoms with Crippen LogP contribution in [0.1, 0.15) is 30.0 Å². The Labute approximate surface area is 102 Å². The number of carbonyl (C=O) groups is 1. The lowest BCUT2D eigenvalue weighted by atomic mass is 10.3. The number of hydrogen-bond donors (Lipinski definition) is 2. The van der Waals surface area contributed by atoms with Gasteiger partial charge in [-0.15, -0.1) is 0 Å². The Balaban J connectivity index is 0.000000450. The molecule has 0 bridgehead atoms. The van der Waals surface area contributed by atoms with Crippen molar-refractivity contribution < 1.29 is 4.79 Å². The van der Waals surface area contributed by atoms with Crippen molar-refractivity contribution in [2.24, 2.45) is 0 Å². The van der Waals surface area contributed by atoms with Gasteiger partial charge in [-0.2, -0.15) is 0 Å². The number of H-pyrrole nitrogens is 1. The summed E-state index contributed by atoms with van der Waals surface area (Å²) in [4.78, 5) is 21.6. The summed E-state index contributed by atoms with van der Waals surface area (Å²) in [5.74, 6) is 0.671. The van der Waals surface area contributed by atoms with Gasteiger partial charge in [0.25, 0.3) is 0 Å². The largest absolute Gasteiger partial charge is 0.358 e. The summed E-state index contributed by atoms with van der Waals surface area (Å²) in [6.45, 7) is 5.79. The third-order valence-electron chi connectivity index (χ3n) is 1.69. The van der Waals surface area contributed by atoms with Crippen molar-refractivity contribution in [3.8, 4) is 0 Å². The van der Waals surface area contributed by atoms with Crippen LogP contribution in [0.2, 0.25) is 0 Å². The number of aldehydes is 1. The lowest BCUT2D eigenvalue weighted by Gasteiger charge is -1.90. The number of aryl methyl sites for hydroxylation is 1. The molecule has 0 spiro atoms. The molecule has 0 aromatic carbocycles. The summed E-state index contributed by atoms with van der Waals surface area (Å²) in [5, 5.41) is 2.75. The van der Waals surface area contributed by atoms with E-state index in [0.717, 1.165) is 11.8 Å². The highest BCUT2D eigenvalue weighted by atomic mass is 16.1. The van der Waals surface area contributed by atoms with Crippen molar-refractivity contribution in [1.29, 1.82) is 0 Å². The second kappa shape index (κ2) is 8.41. The molecule has 0 saturated carbocycles. The van der Waals surface area contributed by atoms with Gasteiger partial charge in [0.2, 0.25) is 0 Å². The van der Waals surface area contributed by atoms with Crippen LogP contribution in [0, 0.1) is 6.92 Å². The van der Waals surface area contributed by atoms with E-state index < -0.39 is 0 Å². The third kappa shape index (κ3) is 4.32. The van der Waals surface area contributed by atoms with Crippen molar-refractivity contribution in [3.63, 3.8) is 0 Å². The monoisotopic (exact) mass is 236 g/mol. The normalized spacial score (nSPS) is 8.76. The average Bonchev–Trinajstić information content (AvgIpc) is 2.75. The third-order valence-corrected chi connectivity index (χ3v) is 1.69. The van der Waals surface area contributed by atoms with Gasteiger partial charge in [0.05, 0.1) is 17.3 Å². The number of aromatic amines is 1. The molecule has 17 heavy (non-hydrogen) atoms. The summed E-state index contributed by atoms with van der Waals surface area (Å²) in [5.41, 5.74) is 2.07. The van der Waals surface area contributed by atoms with Gasteiger partial charge >= 0.3 is 0 Å². The number of fused-ring (bicyclic) bond motifs is 1. The van der Waals surface area contributed by atoms with Crippen molar-refractivity contribution in [2.75, 3.05) is 14.1 Å². The number of rotatable bonds is 1. The second-order valence-electron chi connectivity index (χ2n) is 3.04. The predicted molar refractivity (Wildman–Crippen MR) is 70.3 cm³/mol. The lowest BCUT2D eigenvalue weighted by Crippen LogP contribution is -1.89. The Hall–Kier alpha value is -1.75. The maximum Gasteiger partial charge on any atom is 0.153 e. The van der Waals surface area contributed by atoms with Gasteiger partial charge in [-0.25, -0.2) is 9.97 Å². The first-order valence-corrected chi connectivity index (χ1v) is 5.57. The summed E-state index contributed by atoms with van der Waals surface area (Å²) in [6, 6.07) is 0. The highest BCUT2D eigenvalue weighted by molar-refractivity contribution is 5.94. The number of hydrogen-bond acceptors (Lipinski definition) is 4. The van der Waals surface area contributed by atoms with Crippen LogP contribution >= 0.6 is 0 Å². The number of aromatic nitrogens is 3. The topological polar surface area (TPSA) is 70.7 Å². The minimum atomic E-state index is 0.579. The summed E-state index contributed by atoms with van der Waals surface area (Å²) < 4.78 is 0. The van der Waals surface area contributed by atoms with E-state index >= 15 is 0 Å². The molecule has 0 saturated heterocycles. The Bertz CT molecular complexity index is 451. The smallest absolute Gasteiger partial charge is 0.153 e. The summed E-state index contributed by atoms with van der Waals surface area (Å²) in [6.07, 6.45) is 4.09. The number of nitrogens with one attached hydrogen (secondary N) is 2. The van der Waals surface area contributed by atoms with E-state index in [0.29, 0.717) is 16.9 Å². The minimum Gasteiger partial charge on any atom is -0.358 e. The molecule has 0 fully saturated rings. The molecule has 0 atom stereocenters. The molecular weight excluding hydrogens is 216 g/mol. The average molecular weight is 236 g/mol. The zero-order valence-electron chi connectivity index (χ0n) is 11.0. The molecule has 2 rings (SSSR count). The summed E-state index contributed by atoms with van der Waals surface area (Å²) >= 11 is 0. The van der Waals surface area contributed by atoms with Gasteiger partial charge in [0.15, 0.2) is 6.29 Å². The zero-order valence-corrected chi connectivity index (χ0v) is 11.0. The number of carbonyl (C=O) groups excluding carboxylic acids is 1. The quantitative estimate of drug-likeness (QED) is 0.742. The molecule has 2 heterocycles. The maximum absolute atomic E-state index is 10.5. The first kappa shape index (κ1) is 15.2. The van der Waals surface area contributed by atoms with Crippen LogP contribution in [0.25, 0.3) is 11.0 Å².